The first-order valence-electron chi connectivity index (χ1n) is 8.42. The number of carbonyl (C=O) groups is 1. The van der Waals surface area contributed by atoms with Crippen molar-refractivity contribution in [3.05, 3.63) is 59.4 Å². The maximum Gasteiger partial charge on any atom is 0.255 e. The molecule has 2 aromatic rings. The van der Waals surface area contributed by atoms with Crippen molar-refractivity contribution in [2.75, 3.05) is 11.9 Å². The zero-order valence-corrected chi connectivity index (χ0v) is 16.2. The quantitative estimate of drug-likeness (QED) is 0.673. The second-order valence-corrected chi connectivity index (χ2v) is 8.31. The summed E-state index contributed by atoms with van der Waals surface area (Å²) in [5, 5.41) is 12.0. The lowest BCUT2D eigenvalue weighted by molar-refractivity contribution is 0.102. The van der Waals surface area contributed by atoms with E-state index in [4.69, 9.17) is 0 Å². The third-order valence-electron chi connectivity index (χ3n) is 4.33. The van der Waals surface area contributed by atoms with Crippen LogP contribution < -0.4 is 10.0 Å². The van der Waals surface area contributed by atoms with Crippen LogP contribution in [0.1, 0.15) is 36.2 Å². The fourth-order valence-electron chi connectivity index (χ4n) is 2.33. The van der Waals surface area contributed by atoms with Crippen LogP contribution in [0.25, 0.3) is 0 Å². The SMILES string of the molecule is CCC(C)(CO)NS(=O)(=O)c1cccc(C(=O)Nc2ccc(F)c(C)c2)c1. The Labute approximate surface area is 158 Å². The van der Waals surface area contributed by atoms with Gasteiger partial charge < -0.3 is 10.4 Å². The lowest BCUT2D eigenvalue weighted by Crippen LogP contribution is -2.48. The van der Waals surface area contributed by atoms with Crippen molar-refractivity contribution in [2.24, 2.45) is 0 Å². The van der Waals surface area contributed by atoms with Crippen molar-refractivity contribution in [1.29, 1.82) is 0 Å². The average molecular weight is 394 g/mol. The summed E-state index contributed by atoms with van der Waals surface area (Å²) < 4.78 is 41.0. The standard InChI is InChI=1S/C19H23FN2O4S/c1-4-19(3,12-23)22-27(25,26)16-7-5-6-14(11-16)18(24)21-15-8-9-17(20)13(2)10-15/h5-11,22-23H,4,12H2,1-3H3,(H,21,24). The fourth-order valence-corrected chi connectivity index (χ4v) is 3.85. The molecule has 0 radical (unpaired) electrons. The van der Waals surface area contributed by atoms with Crippen molar-refractivity contribution >= 4 is 21.6 Å². The Kier molecular flexibility index (Phi) is 6.35. The molecule has 27 heavy (non-hydrogen) atoms. The van der Waals surface area contributed by atoms with E-state index in [1.54, 1.807) is 20.8 Å². The van der Waals surface area contributed by atoms with Crippen LogP contribution in [-0.2, 0) is 10.0 Å². The summed E-state index contributed by atoms with van der Waals surface area (Å²) in [5.74, 6) is -0.895. The molecular formula is C19H23FN2O4S. The zero-order valence-electron chi connectivity index (χ0n) is 15.4. The predicted octanol–water partition coefficient (Wildman–Crippen LogP) is 2.83. The van der Waals surface area contributed by atoms with E-state index in [0.29, 0.717) is 17.7 Å². The van der Waals surface area contributed by atoms with Crippen molar-refractivity contribution in [3.8, 4) is 0 Å². The molecule has 6 nitrogen and oxygen atoms in total. The number of amides is 1. The number of benzene rings is 2. The molecular weight excluding hydrogens is 371 g/mol. The molecule has 2 rings (SSSR count). The number of sulfonamides is 1. The molecule has 0 aliphatic heterocycles. The molecule has 0 aromatic heterocycles. The first-order valence-corrected chi connectivity index (χ1v) is 9.91. The number of aliphatic hydroxyl groups excluding tert-OH is 1. The van der Waals surface area contributed by atoms with Crippen molar-refractivity contribution in [2.45, 2.75) is 37.6 Å². The van der Waals surface area contributed by atoms with Gasteiger partial charge in [-0.25, -0.2) is 17.5 Å². The number of hydrogen-bond acceptors (Lipinski definition) is 4. The maximum atomic E-state index is 13.3. The molecule has 1 unspecified atom stereocenters. The highest BCUT2D eigenvalue weighted by atomic mass is 32.2. The number of aryl methyl sites for hydroxylation is 1. The maximum absolute atomic E-state index is 13.3. The van der Waals surface area contributed by atoms with Gasteiger partial charge in [0.2, 0.25) is 10.0 Å². The summed E-state index contributed by atoms with van der Waals surface area (Å²) in [7, 11) is -3.92. The van der Waals surface area contributed by atoms with Crippen molar-refractivity contribution in [3.63, 3.8) is 0 Å². The number of rotatable bonds is 7. The Morgan fingerprint density at radius 1 is 1.22 bits per heavy atom. The van der Waals surface area contributed by atoms with Crippen molar-refractivity contribution < 1.29 is 22.7 Å². The summed E-state index contributed by atoms with van der Waals surface area (Å²) in [6.07, 6.45) is 0.396. The van der Waals surface area contributed by atoms with Gasteiger partial charge in [-0.1, -0.05) is 13.0 Å². The highest BCUT2D eigenvalue weighted by Gasteiger charge is 2.28. The van der Waals surface area contributed by atoms with E-state index in [1.165, 1.54) is 42.5 Å². The Balaban J connectivity index is 2.25. The van der Waals surface area contributed by atoms with Crippen LogP contribution in [0.15, 0.2) is 47.4 Å². The van der Waals surface area contributed by atoms with E-state index < -0.39 is 21.5 Å². The first-order chi connectivity index (χ1) is 12.6. The van der Waals surface area contributed by atoms with Crippen LogP contribution >= 0.6 is 0 Å². The number of aliphatic hydroxyl groups is 1. The minimum absolute atomic E-state index is 0.0847. The van der Waals surface area contributed by atoms with Gasteiger partial charge in [-0.05, 0) is 62.2 Å². The molecule has 0 bridgehead atoms. The van der Waals surface area contributed by atoms with E-state index in [1.807, 2.05) is 0 Å². The molecule has 0 spiro atoms. The topological polar surface area (TPSA) is 95.5 Å². The van der Waals surface area contributed by atoms with Gasteiger partial charge in [-0.15, -0.1) is 0 Å². The van der Waals surface area contributed by atoms with Gasteiger partial charge >= 0.3 is 0 Å². The highest BCUT2D eigenvalue weighted by molar-refractivity contribution is 7.89. The van der Waals surface area contributed by atoms with Crippen LogP contribution in [0.4, 0.5) is 10.1 Å². The third kappa shape index (κ3) is 5.12. The van der Waals surface area contributed by atoms with Crippen LogP contribution in [-0.4, -0.2) is 31.6 Å². The molecule has 0 heterocycles. The largest absolute Gasteiger partial charge is 0.394 e. The smallest absolute Gasteiger partial charge is 0.255 e. The van der Waals surface area contributed by atoms with E-state index >= 15 is 0 Å². The van der Waals surface area contributed by atoms with Gasteiger partial charge in [-0.3, -0.25) is 4.79 Å². The molecule has 0 saturated heterocycles. The lowest BCUT2D eigenvalue weighted by Gasteiger charge is -2.26. The zero-order chi connectivity index (χ0) is 20.2. The third-order valence-corrected chi connectivity index (χ3v) is 5.97. The summed E-state index contributed by atoms with van der Waals surface area (Å²) in [5.41, 5.74) is -0.0645. The number of carbonyl (C=O) groups excluding carboxylic acids is 1. The second kappa shape index (κ2) is 8.16. The van der Waals surface area contributed by atoms with Crippen molar-refractivity contribution in [1.82, 2.24) is 4.72 Å². The number of hydrogen-bond donors (Lipinski definition) is 3. The minimum atomic E-state index is -3.92. The summed E-state index contributed by atoms with van der Waals surface area (Å²) in [4.78, 5) is 12.3. The summed E-state index contributed by atoms with van der Waals surface area (Å²) in [6.45, 7) is 4.58. The molecule has 0 aliphatic rings. The molecule has 0 saturated carbocycles. The van der Waals surface area contributed by atoms with Gasteiger partial charge in [0.25, 0.3) is 5.91 Å². The second-order valence-electron chi connectivity index (χ2n) is 6.62. The van der Waals surface area contributed by atoms with Crippen LogP contribution in [0, 0.1) is 12.7 Å². The molecule has 0 fully saturated rings. The fraction of sp³-hybridized carbons (Fsp3) is 0.316. The van der Waals surface area contributed by atoms with Gasteiger partial charge in [0.05, 0.1) is 17.0 Å². The molecule has 3 N–H and O–H groups in total. The molecule has 8 heteroatoms. The van der Waals surface area contributed by atoms with E-state index in [-0.39, 0.29) is 22.9 Å². The summed E-state index contributed by atoms with van der Waals surface area (Å²) >= 11 is 0. The van der Waals surface area contributed by atoms with Crippen LogP contribution in [0.2, 0.25) is 0 Å². The Morgan fingerprint density at radius 3 is 2.52 bits per heavy atom. The van der Waals surface area contributed by atoms with Gasteiger partial charge in [0, 0.05) is 11.3 Å². The Bertz CT molecular complexity index is 940. The number of anilines is 1. The Hall–Kier alpha value is -2.29. The van der Waals surface area contributed by atoms with Gasteiger partial charge in [0.15, 0.2) is 0 Å². The first kappa shape index (κ1) is 21.0. The van der Waals surface area contributed by atoms with E-state index in [9.17, 15) is 22.7 Å². The number of halogens is 1. The predicted molar refractivity (Wildman–Crippen MR) is 102 cm³/mol. The summed E-state index contributed by atoms with van der Waals surface area (Å²) in [6, 6.07) is 9.73. The number of nitrogens with one attached hydrogen (secondary N) is 2. The minimum Gasteiger partial charge on any atom is -0.394 e. The van der Waals surface area contributed by atoms with Gasteiger partial charge in [-0.2, -0.15) is 0 Å². The molecule has 0 aliphatic carbocycles. The lowest BCUT2D eigenvalue weighted by atomic mass is 10.0. The molecule has 2 aromatic carbocycles. The van der Waals surface area contributed by atoms with Crippen LogP contribution in [0.5, 0.6) is 0 Å². The Morgan fingerprint density at radius 2 is 1.93 bits per heavy atom. The highest BCUT2D eigenvalue weighted by Crippen LogP contribution is 2.19. The monoisotopic (exact) mass is 394 g/mol. The average Bonchev–Trinajstić information content (AvgIpc) is 2.64. The van der Waals surface area contributed by atoms with E-state index in [0.717, 1.165) is 0 Å². The van der Waals surface area contributed by atoms with Gasteiger partial charge in [0.1, 0.15) is 5.82 Å². The molecule has 1 amide bonds. The van der Waals surface area contributed by atoms with Crippen LogP contribution in [0.3, 0.4) is 0 Å². The van der Waals surface area contributed by atoms with E-state index in [2.05, 4.69) is 10.0 Å². The molecule has 1 atom stereocenters. The normalized spacial score (nSPS) is 13.8. The molecule has 146 valence electrons.